The number of fused-ring (bicyclic) bond motifs is 1. The van der Waals surface area contributed by atoms with E-state index in [-0.39, 0.29) is 11.2 Å². The molecular weight excluding hydrogens is 292 g/mol. The van der Waals surface area contributed by atoms with Crippen molar-refractivity contribution in [1.82, 2.24) is 18.7 Å². The van der Waals surface area contributed by atoms with Crippen LogP contribution in [0.15, 0.2) is 28.6 Å². The smallest absolute Gasteiger partial charge is 0.325 e. The van der Waals surface area contributed by atoms with Gasteiger partial charge in [0.05, 0.1) is 6.33 Å². The topological polar surface area (TPSA) is 61.8 Å². The van der Waals surface area contributed by atoms with Crippen LogP contribution < -0.4 is 11.2 Å². The fraction of sp³-hybridized carbons (Fsp3) is 0.588. The van der Waals surface area contributed by atoms with E-state index in [1.165, 1.54) is 9.13 Å². The first kappa shape index (κ1) is 17.2. The molecule has 0 amide bonds. The van der Waals surface area contributed by atoms with Gasteiger partial charge >= 0.3 is 5.69 Å². The first-order valence-corrected chi connectivity index (χ1v) is 8.37. The summed E-state index contributed by atoms with van der Waals surface area (Å²) >= 11 is 0. The predicted octanol–water partition coefficient (Wildman–Crippen LogP) is 2.44. The lowest BCUT2D eigenvalue weighted by molar-refractivity contribution is 0.537. The molecular formula is C17H26N4O2. The summed E-state index contributed by atoms with van der Waals surface area (Å²) in [6.45, 7) is 7.02. The molecule has 0 aromatic carbocycles. The van der Waals surface area contributed by atoms with Gasteiger partial charge in [0, 0.05) is 20.1 Å². The Kier molecular flexibility index (Phi) is 5.96. The van der Waals surface area contributed by atoms with Gasteiger partial charge in [0.15, 0.2) is 11.2 Å². The largest absolute Gasteiger partial charge is 0.332 e. The summed E-state index contributed by atoms with van der Waals surface area (Å²) in [5, 5.41) is 0. The average Bonchev–Trinajstić information content (AvgIpc) is 2.96. The molecule has 0 atom stereocenters. The molecule has 0 bridgehead atoms. The highest BCUT2D eigenvalue weighted by Crippen LogP contribution is 2.08. The second-order valence-corrected chi connectivity index (χ2v) is 5.90. The van der Waals surface area contributed by atoms with Crippen LogP contribution in [0.25, 0.3) is 11.2 Å². The fourth-order valence-electron chi connectivity index (χ4n) is 2.79. The van der Waals surface area contributed by atoms with Crippen LogP contribution in [0.3, 0.4) is 0 Å². The summed E-state index contributed by atoms with van der Waals surface area (Å²) in [6.07, 6.45) is 9.42. The van der Waals surface area contributed by atoms with E-state index < -0.39 is 0 Å². The number of aromatic nitrogens is 4. The van der Waals surface area contributed by atoms with E-state index in [0.29, 0.717) is 24.3 Å². The van der Waals surface area contributed by atoms with Crippen molar-refractivity contribution in [3.63, 3.8) is 0 Å². The van der Waals surface area contributed by atoms with Crippen LogP contribution in [0, 0.1) is 0 Å². The monoisotopic (exact) mass is 318 g/mol. The van der Waals surface area contributed by atoms with Gasteiger partial charge in [-0.25, -0.2) is 9.78 Å². The minimum atomic E-state index is -0.282. The van der Waals surface area contributed by atoms with E-state index in [1.807, 2.05) is 10.6 Å². The standard InChI is InChI=1S/C17H26N4O2/c1-4-6-8-10-12-21-16(22)14-15(19(3)17(21)23)18-13-20(14)11-9-7-5-2/h5,13H,2,4,6-12H2,1,3H3. The third kappa shape index (κ3) is 3.63. The first-order chi connectivity index (χ1) is 11.1. The number of aryl methyl sites for hydroxylation is 2. The van der Waals surface area contributed by atoms with Crippen molar-refractivity contribution in [2.75, 3.05) is 0 Å². The molecule has 6 heteroatoms. The summed E-state index contributed by atoms with van der Waals surface area (Å²) in [5.41, 5.74) is 0.473. The summed E-state index contributed by atoms with van der Waals surface area (Å²) in [4.78, 5) is 29.4. The Hall–Kier alpha value is -2.11. The Morgan fingerprint density at radius 1 is 1.17 bits per heavy atom. The molecule has 0 N–H and O–H groups in total. The molecule has 2 rings (SSSR count). The summed E-state index contributed by atoms with van der Waals surface area (Å²) < 4.78 is 4.67. The quantitative estimate of drug-likeness (QED) is 0.527. The Balaban J connectivity index is 2.39. The van der Waals surface area contributed by atoms with E-state index in [0.717, 1.165) is 38.5 Å². The van der Waals surface area contributed by atoms with E-state index in [1.54, 1.807) is 13.4 Å². The number of rotatable bonds is 9. The van der Waals surface area contributed by atoms with Gasteiger partial charge in [-0.15, -0.1) is 6.58 Å². The number of hydrogen-bond donors (Lipinski definition) is 0. The molecule has 0 unspecified atom stereocenters. The Morgan fingerprint density at radius 2 is 1.96 bits per heavy atom. The molecule has 126 valence electrons. The van der Waals surface area contributed by atoms with Crippen LogP contribution in [0.5, 0.6) is 0 Å². The zero-order valence-corrected chi connectivity index (χ0v) is 14.1. The van der Waals surface area contributed by atoms with E-state index in [4.69, 9.17) is 0 Å². The third-order valence-electron chi connectivity index (χ3n) is 4.14. The molecule has 0 fully saturated rings. The summed E-state index contributed by atoms with van der Waals surface area (Å²) in [6, 6.07) is 0. The van der Waals surface area contributed by atoms with Crippen LogP contribution in [0.1, 0.15) is 45.4 Å². The van der Waals surface area contributed by atoms with Crippen molar-refractivity contribution in [1.29, 1.82) is 0 Å². The van der Waals surface area contributed by atoms with Crippen molar-refractivity contribution in [3.05, 3.63) is 39.8 Å². The normalized spacial score (nSPS) is 11.2. The van der Waals surface area contributed by atoms with Gasteiger partial charge < -0.3 is 4.57 Å². The highest BCUT2D eigenvalue weighted by atomic mass is 16.2. The Labute approximate surface area is 136 Å². The predicted molar refractivity (Wildman–Crippen MR) is 92.8 cm³/mol. The van der Waals surface area contributed by atoms with Crippen LogP contribution in [0.4, 0.5) is 0 Å². The van der Waals surface area contributed by atoms with Gasteiger partial charge in [-0.1, -0.05) is 32.3 Å². The molecule has 0 aliphatic heterocycles. The maximum absolute atomic E-state index is 12.7. The second kappa shape index (κ2) is 7.94. The van der Waals surface area contributed by atoms with Crippen LogP contribution in [0.2, 0.25) is 0 Å². The minimum Gasteiger partial charge on any atom is -0.325 e. The first-order valence-electron chi connectivity index (χ1n) is 8.37. The van der Waals surface area contributed by atoms with Gasteiger partial charge in [0.25, 0.3) is 5.56 Å². The minimum absolute atomic E-state index is 0.226. The maximum Gasteiger partial charge on any atom is 0.332 e. The Morgan fingerprint density at radius 3 is 2.65 bits per heavy atom. The molecule has 2 aromatic rings. The molecule has 0 saturated carbocycles. The average molecular weight is 318 g/mol. The molecule has 2 heterocycles. The summed E-state index contributed by atoms with van der Waals surface area (Å²) in [7, 11) is 1.67. The zero-order valence-electron chi connectivity index (χ0n) is 14.1. The van der Waals surface area contributed by atoms with Crippen molar-refractivity contribution in [2.24, 2.45) is 7.05 Å². The van der Waals surface area contributed by atoms with E-state index in [2.05, 4.69) is 18.5 Å². The van der Waals surface area contributed by atoms with Gasteiger partial charge in [0.2, 0.25) is 0 Å². The van der Waals surface area contributed by atoms with E-state index >= 15 is 0 Å². The number of hydrogen-bond acceptors (Lipinski definition) is 3. The zero-order chi connectivity index (χ0) is 16.8. The maximum atomic E-state index is 12.7. The lowest BCUT2D eigenvalue weighted by atomic mass is 10.2. The van der Waals surface area contributed by atoms with Crippen molar-refractivity contribution in [2.45, 2.75) is 58.5 Å². The SMILES string of the molecule is C=CCCCn1cnc2c1c(=O)n(CCCCCC)c(=O)n2C. The van der Waals surface area contributed by atoms with Gasteiger partial charge in [-0.3, -0.25) is 13.9 Å². The highest BCUT2D eigenvalue weighted by molar-refractivity contribution is 5.69. The van der Waals surface area contributed by atoms with Gasteiger partial charge in [0.1, 0.15) is 0 Å². The van der Waals surface area contributed by atoms with Crippen LogP contribution in [-0.4, -0.2) is 18.7 Å². The van der Waals surface area contributed by atoms with Gasteiger partial charge in [-0.2, -0.15) is 0 Å². The Bertz CT molecular complexity index is 782. The van der Waals surface area contributed by atoms with Crippen molar-refractivity contribution in [3.8, 4) is 0 Å². The van der Waals surface area contributed by atoms with Gasteiger partial charge in [-0.05, 0) is 19.3 Å². The number of unbranched alkanes of at least 4 members (excludes halogenated alkanes) is 4. The molecule has 0 spiro atoms. The van der Waals surface area contributed by atoms with Crippen LogP contribution in [-0.2, 0) is 20.1 Å². The lowest BCUT2D eigenvalue weighted by Gasteiger charge is -2.09. The van der Waals surface area contributed by atoms with Crippen molar-refractivity contribution < 1.29 is 0 Å². The molecule has 0 saturated heterocycles. The number of allylic oxidation sites excluding steroid dienone is 1. The van der Waals surface area contributed by atoms with Crippen LogP contribution >= 0.6 is 0 Å². The summed E-state index contributed by atoms with van der Waals surface area (Å²) in [5.74, 6) is 0. The molecule has 0 radical (unpaired) electrons. The second-order valence-electron chi connectivity index (χ2n) is 5.90. The molecule has 6 nitrogen and oxygen atoms in total. The molecule has 0 aliphatic rings. The van der Waals surface area contributed by atoms with Crippen molar-refractivity contribution >= 4 is 11.2 Å². The highest BCUT2D eigenvalue weighted by Gasteiger charge is 2.15. The van der Waals surface area contributed by atoms with E-state index in [9.17, 15) is 9.59 Å². The third-order valence-corrected chi connectivity index (χ3v) is 4.14. The fourth-order valence-corrected chi connectivity index (χ4v) is 2.79. The lowest BCUT2D eigenvalue weighted by Crippen LogP contribution is -2.39. The molecule has 23 heavy (non-hydrogen) atoms. The number of nitrogens with zero attached hydrogens (tertiary/aromatic N) is 4. The molecule has 0 aliphatic carbocycles. The number of imidazole rings is 1. The molecule has 2 aromatic heterocycles.